The van der Waals surface area contributed by atoms with Crippen LogP contribution in [-0.2, 0) is 0 Å². The number of hydrogen-bond acceptors (Lipinski definition) is 3. The van der Waals surface area contributed by atoms with E-state index >= 15 is 0 Å². The van der Waals surface area contributed by atoms with E-state index < -0.39 is 5.82 Å². The summed E-state index contributed by atoms with van der Waals surface area (Å²) in [5.41, 5.74) is 1.78. The summed E-state index contributed by atoms with van der Waals surface area (Å²) in [6, 6.07) is 9.49. The van der Waals surface area contributed by atoms with Crippen LogP contribution in [0.15, 0.2) is 36.4 Å². The maximum atomic E-state index is 13.5. The van der Waals surface area contributed by atoms with Crippen LogP contribution in [-0.4, -0.2) is 20.5 Å². The van der Waals surface area contributed by atoms with Gasteiger partial charge in [-0.05, 0) is 35.4 Å². The highest BCUT2D eigenvalue weighted by molar-refractivity contribution is 5.83. The van der Waals surface area contributed by atoms with Crippen molar-refractivity contribution in [2.75, 3.05) is 14.2 Å². The van der Waals surface area contributed by atoms with Crippen LogP contribution in [0.1, 0.15) is 10.4 Å². The van der Waals surface area contributed by atoms with Crippen molar-refractivity contribution in [3.05, 3.63) is 47.8 Å². The van der Waals surface area contributed by atoms with E-state index in [1.807, 2.05) is 0 Å². The molecule has 0 aliphatic rings. The monoisotopic (exact) mass is 260 g/mol. The van der Waals surface area contributed by atoms with Gasteiger partial charge in [0.05, 0.1) is 19.8 Å². The Hall–Kier alpha value is -2.36. The predicted molar refractivity (Wildman–Crippen MR) is 70.3 cm³/mol. The molecule has 0 saturated heterocycles. The van der Waals surface area contributed by atoms with Gasteiger partial charge >= 0.3 is 0 Å². The third kappa shape index (κ3) is 2.73. The maximum absolute atomic E-state index is 13.5. The lowest BCUT2D eigenvalue weighted by molar-refractivity contribution is 0.112. The molecule has 2 aromatic carbocycles. The van der Waals surface area contributed by atoms with Crippen molar-refractivity contribution in [2.24, 2.45) is 0 Å². The van der Waals surface area contributed by atoms with Gasteiger partial charge in [-0.3, -0.25) is 4.79 Å². The highest BCUT2D eigenvalue weighted by atomic mass is 19.1. The largest absolute Gasteiger partial charge is 0.497 e. The number of aldehydes is 1. The van der Waals surface area contributed by atoms with Crippen LogP contribution in [0, 0.1) is 5.82 Å². The SMILES string of the molecule is COc1cc(F)cc(-c2ccc(OC)c(C=O)c2)c1. The number of carbonyl (C=O) groups is 1. The zero-order valence-electron chi connectivity index (χ0n) is 10.6. The van der Waals surface area contributed by atoms with Crippen molar-refractivity contribution < 1.29 is 18.7 Å². The van der Waals surface area contributed by atoms with Gasteiger partial charge in [-0.1, -0.05) is 6.07 Å². The highest BCUT2D eigenvalue weighted by Gasteiger charge is 2.07. The van der Waals surface area contributed by atoms with E-state index in [1.54, 1.807) is 24.3 Å². The summed E-state index contributed by atoms with van der Waals surface area (Å²) < 4.78 is 23.5. The summed E-state index contributed by atoms with van der Waals surface area (Å²) in [7, 11) is 2.97. The first-order valence-electron chi connectivity index (χ1n) is 5.66. The maximum Gasteiger partial charge on any atom is 0.153 e. The number of benzene rings is 2. The molecule has 0 amide bonds. The first kappa shape index (κ1) is 13.1. The molecule has 0 atom stereocenters. The number of ether oxygens (including phenoxy) is 2. The minimum absolute atomic E-state index is 0.391. The quantitative estimate of drug-likeness (QED) is 0.791. The summed E-state index contributed by atoms with van der Waals surface area (Å²) in [4.78, 5) is 11.0. The van der Waals surface area contributed by atoms with Crippen molar-refractivity contribution in [1.29, 1.82) is 0 Å². The van der Waals surface area contributed by atoms with Crippen LogP contribution >= 0.6 is 0 Å². The Balaban J connectivity index is 2.52. The van der Waals surface area contributed by atoms with Crippen molar-refractivity contribution in [3.8, 4) is 22.6 Å². The normalized spacial score (nSPS) is 10.1. The van der Waals surface area contributed by atoms with Crippen LogP contribution in [0.4, 0.5) is 4.39 Å². The van der Waals surface area contributed by atoms with Crippen molar-refractivity contribution >= 4 is 6.29 Å². The summed E-state index contributed by atoms with van der Waals surface area (Å²) >= 11 is 0. The van der Waals surface area contributed by atoms with E-state index in [0.29, 0.717) is 28.9 Å². The third-order valence-electron chi connectivity index (χ3n) is 2.80. The molecule has 0 aliphatic carbocycles. The molecule has 0 unspecified atom stereocenters. The van der Waals surface area contributed by atoms with Crippen LogP contribution in [0.5, 0.6) is 11.5 Å². The van der Waals surface area contributed by atoms with E-state index in [1.165, 1.54) is 26.4 Å². The van der Waals surface area contributed by atoms with Crippen LogP contribution in [0.25, 0.3) is 11.1 Å². The summed E-state index contributed by atoms with van der Waals surface area (Å²) in [6.07, 6.45) is 0.707. The molecule has 0 spiro atoms. The molecular formula is C15H13FO3. The zero-order chi connectivity index (χ0) is 13.8. The standard InChI is InChI=1S/C15H13FO3/c1-18-14-7-11(6-13(16)8-14)10-3-4-15(19-2)12(5-10)9-17/h3-9H,1-2H3. The number of methoxy groups -OCH3 is 2. The predicted octanol–water partition coefficient (Wildman–Crippen LogP) is 3.32. The molecule has 0 fully saturated rings. The molecule has 98 valence electrons. The minimum atomic E-state index is -0.391. The molecular weight excluding hydrogens is 247 g/mol. The van der Waals surface area contributed by atoms with E-state index in [0.717, 1.165) is 5.56 Å². The molecule has 0 heterocycles. The average molecular weight is 260 g/mol. The number of hydrogen-bond donors (Lipinski definition) is 0. The zero-order valence-corrected chi connectivity index (χ0v) is 10.6. The second kappa shape index (κ2) is 5.52. The molecule has 0 aliphatic heterocycles. The lowest BCUT2D eigenvalue weighted by Gasteiger charge is -2.08. The Labute approximate surface area is 110 Å². The molecule has 4 heteroatoms. The van der Waals surface area contributed by atoms with E-state index in [9.17, 15) is 9.18 Å². The molecule has 0 bridgehead atoms. The minimum Gasteiger partial charge on any atom is -0.497 e. The summed E-state index contributed by atoms with van der Waals surface area (Å²) in [6.45, 7) is 0. The van der Waals surface area contributed by atoms with Gasteiger partial charge in [-0.2, -0.15) is 0 Å². The van der Waals surface area contributed by atoms with Gasteiger partial charge < -0.3 is 9.47 Å². The molecule has 19 heavy (non-hydrogen) atoms. The van der Waals surface area contributed by atoms with Crippen LogP contribution in [0.3, 0.4) is 0 Å². The summed E-state index contributed by atoms with van der Waals surface area (Å²) in [5.74, 6) is 0.526. The Kier molecular flexibility index (Phi) is 3.80. The van der Waals surface area contributed by atoms with Gasteiger partial charge in [0.25, 0.3) is 0 Å². The second-order valence-electron chi connectivity index (χ2n) is 3.95. The Bertz CT molecular complexity index is 608. The average Bonchev–Trinajstić information content (AvgIpc) is 2.45. The fourth-order valence-electron chi connectivity index (χ4n) is 1.85. The molecule has 2 rings (SSSR count). The van der Waals surface area contributed by atoms with Gasteiger partial charge in [0, 0.05) is 6.07 Å². The van der Waals surface area contributed by atoms with Crippen molar-refractivity contribution in [2.45, 2.75) is 0 Å². The van der Waals surface area contributed by atoms with E-state index in [-0.39, 0.29) is 0 Å². The van der Waals surface area contributed by atoms with Gasteiger partial charge in [-0.25, -0.2) is 4.39 Å². The van der Waals surface area contributed by atoms with Crippen LogP contribution in [0.2, 0.25) is 0 Å². The smallest absolute Gasteiger partial charge is 0.153 e. The molecule has 0 aromatic heterocycles. The van der Waals surface area contributed by atoms with Crippen LogP contribution < -0.4 is 9.47 Å². The Morgan fingerprint density at radius 3 is 2.42 bits per heavy atom. The molecule has 0 N–H and O–H groups in total. The van der Waals surface area contributed by atoms with Crippen molar-refractivity contribution in [3.63, 3.8) is 0 Å². The first-order chi connectivity index (χ1) is 9.17. The lowest BCUT2D eigenvalue weighted by Crippen LogP contribution is -1.92. The van der Waals surface area contributed by atoms with Gasteiger partial charge in [0.2, 0.25) is 0 Å². The highest BCUT2D eigenvalue weighted by Crippen LogP contribution is 2.29. The van der Waals surface area contributed by atoms with E-state index in [2.05, 4.69) is 0 Å². The number of carbonyl (C=O) groups excluding carboxylic acids is 1. The van der Waals surface area contributed by atoms with E-state index in [4.69, 9.17) is 9.47 Å². The third-order valence-corrected chi connectivity index (χ3v) is 2.80. The van der Waals surface area contributed by atoms with Crippen molar-refractivity contribution in [1.82, 2.24) is 0 Å². The fourth-order valence-corrected chi connectivity index (χ4v) is 1.85. The Morgan fingerprint density at radius 2 is 1.79 bits per heavy atom. The van der Waals surface area contributed by atoms with Gasteiger partial charge in [0.15, 0.2) is 6.29 Å². The molecule has 2 aromatic rings. The lowest BCUT2D eigenvalue weighted by atomic mass is 10.0. The van der Waals surface area contributed by atoms with Gasteiger partial charge in [-0.15, -0.1) is 0 Å². The molecule has 0 radical (unpaired) electrons. The number of rotatable bonds is 4. The topological polar surface area (TPSA) is 35.5 Å². The van der Waals surface area contributed by atoms with Gasteiger partial charge in [0.1, 0.15) is 17.3 Å². The Morgan fingerprint density at radius 1 is 1.00 bits per heavy atom. The first-order valence-corrected chi connectivity index (χ1v) is 5.66. The fraction of sp³-hybridized carbons (Fsp3) is 0.133. The summed E-state index contributed by atoms with van der Waals surface area (Å²) in [5, 5.41) is 0. The second-order valence-corrected chi connectivity index (χ2v) is 3.95. The molecule has 3 nitrogen and oxygen atoms in total. The number of halogens is 1. The molecule has 0 saturated carbocycles.